The molecule has 0 fully saturated rings. The van der Waals surface area contributed by atoms with Crippen LogP contribution in [0.4, 0.5) is 18.9 Å². The van der Waals surface area contributed by atoms with Gasteiger partial charge in [0.15, 0.2) is 0 Å². The highest BCUT2D eigenvalue weighted by Gasteiger charge is 2.26. The highest BCUT2D eigenvalue weighted by molar-refractivity contribution is 5.91. The standard InChI is InChI=1S/C13H17F3N2O.ClH/c1-9(17)7-12(19)18-11-4-2-3-10(8-11)5-6-13(14,15)16;/h2-4,8-9H,5-7,17H2,1H3,(H,18,19);1H. The minimum absolute atomic E-state index is 0. The van der Waals surface area contributed by atoms with E-state index in [0.29, 0.717) is 11.3 Å². The number of amides is 1. The third-order valence-electron chi connectivity index (χ3n) is 2.42. The molecular weight excluding hydrogens is 293 g/mol. The van der Waals surface area contributed by atoms with Gasteiger partial charge in [-0.25, -0.2) is 0 Å². The summed E-state index contributed by atoms with van der Waals surface area (Å²) in [6, 6.07) is 6.15. The van der Waals surface area contributed by atoms with E-state index in [9.17, 15) is 18.0 Å². The minimum atomic E-state index is -4.17. The second-order valence-corrected chi connectivity index (χ2v) is 4.55. The largest absolute Gasteiger partial charge is 0.389 e. The Hall–Kier alpha value is -1.27. The lowest BCUT2D eigenvalue weighted by atomic mass is 10.1. The van der Waals surface area contributed by atoms with Gasteiger partial charge in [0.2, 0.25) is 5.91 Å². The Bertz CT molecular complexity index is 436. The van der Waals surface area contributed by atoms with Crippen molar-refractivity contribution in [1.29, 1.82) is 0 Å². The van der Waals surface area contributed by atoms with E-state index in [2.05, 4.69) is 5.32 Å². The first-order valence-corrected chi connectivity index (χ1v) is 5.97. The van der Waals surface area contributed by atoms with E-state index in [1.807, 2.05) is 0 Å². The van der Waals surface area contributed by atoms with Crippen LogP contribution >= 0.6 is 12.4 Å². The number of carbonyl (C=O) groups excluding carboxylic acids is 1. The molecule has 114 valence electrons. The molecule has 0 spiro atoms. The van der Waals surface area contributed by atoms with E-state index in [4.69, 9.17) is 5.73 Å². The van der Waals surface area contributed by atoms with Crippen molar-refractivity contribution in [3.05, 3.63) is 29.8 Å². The van der Waals surface area contributed by atoms with Gasteiger partial charge in [-0.05, 0) is 31.0 Å². The summed E-state index contributed by atoms with van der Waals surface area (Å²) >= 11 is 0. The smallest absolute Gasteiger partial charge is 0.327 e. The van der Waals surface area contributed by atoms with Gasteiger partial charge in [-0.1, -0.05) is 12.1 Å². The Morgan fingerprint density at radius 2 is 2.05 bits per heavy atom. The maximum absolute atomic E-state index is 12.1. The summed E-state index contributed by atoms with van der Waals surface area (Å²) in [6.45, 7) is 1.71. The fourth-order valence-corrected chi connectivity index (χ4v) is 1.60. The second kappa shape index (κ2) is 8.11. The molecule has 3 nitrogen and oxygen atoms in total. The van der Waals surface area contributed by atoms with Gasteiger partial charge in [0.05, 0.1) is 0 Å². The lowest BCUT2D eigenvalue weighted by Gasteiger charge is -2.10. The van der Waals surface area contributed by atoms with Crippen LogP contribution in [0.1, 0.15) is 25.3 Å². The lowest BCUT2D eigenvalue weighted by Crippen LogP contribution is -2.24. The lowest BCUT2D eigenvalue weighted by molar-refractivity contribution is -0.134. The summed E-state index contributed by atoms with van der Waals surface area (Å²) in [5, 5.41) is 2.61. The quantitative estimate of drug-likeness (QED) is 0.877. The Kier molecular flexibility index (Phi) is 7.60. The van der Waals surface area contributed by atoms with Crippen LogP contribution in [0.3, 0.4) is 0 Å². The summed E-state index contributed by atoms with van der Waals surface area (Å²) < 4.78 is 36.3. The summed E-state index contributed by atoms with van der Waals surface area (Å²) in [7, 11) is 0. The second-order valence-electron chi connectivity index (χ2n) is 4.55. The fraction of sp³-hybridized carbons (Fsp3) is 0.462. The van der Waals surface area contributed by atoms with E-state index in [0.717, 1.165) is 0 Å². The number of halogens is 4. The van der Waals surface area contributed by atoms with Crippen LogP contribution in [0.15, 0.2) is 24.3 Å². The Morgan fingerprint density at radius 3 is 2.60 bits per heavy atom. The molecule has 0 aliphatic heterocycles. The number of rotatable bonds is 5. The topological polar surface area (TPSA) is 55.1 Å². The van der Waals surface area contributed by atoms with Crippen LogP contribution in [0.2, 0.25) is 0 Å². The number of carbonyl (C=O) groups is 1. The monoisotopic (exact) mass is 310 g/mol. The third-order valence-corrected chi connectivity index (χ3v) is 2.42. The van der Waals surface area contributed by atoms with Gasteiger partial charge in [-0.15, -0.1) is 12.4 Å². The van der Waals surface area contributed by atoms with E-state index in [-0.39, 0.29) is 37.2 Å². The van der Waals surface area contributed by atoms with Crippen molar-refractivity contribution in [2.45, 2.75) is 38.4 Å². The zero-order valence-electron chi connectivity index (χ0n) is 11.0. The molecule has 0 bridgehead atoms. The molecule has 0 aromatic heterocycles. The molecule has 1 aromatic rings. The van der Waals surface area contributed by atoms with Gasteiger partial charge in [0.25, 0.3) is 0 Å². The number of aryl methyl sites for hydroxylation is 1. The predicted molar refractivity (Wildman–Crippen MR) is 75.0 cm³/mol. The summed E-state index contributed by atoms with van der Waals surface area (Å²) in [5.74, 6) is -0.247. The van der Waals surface area contributed by atoms with Crippen molar-refractivity contribution in [2.75, 3.05) is 5.32 Å². The highest BCUT2D eigenvalue weighted by Crippen LogP contribution is 2.23. The molecular formula is C13H18ClF3N2O. The number of hydrogen-bond donors (Lipinski definition) is 2. The van der Waals surface area contributed by atoms with Gasteiger partial charge >= 0.3 is 6.18 Å². The minimum Gasteiger partial charge on any atom is -0.327 e. The predicted octanol–water partition coefficient (Wildman–Crippen LogP) is 3.28. The molecule has 1 atom stereocenters. The first-order chi connectivity index (χ1) is 8.76. The van der Waals surface area contributed by atoms with Crippen LogP contribution in [0, 0.1) is 0 Å². The molecule has 1 unspecified atom stereocenters. The number of anilines is 1. The fourth-order valence-electron chi connectivity index (χ4n) is 1.60. The zero-order valence-corrected chi connectivity index (χ0v) is 11.9. The summed E-state index contributed by atoms with van der Waals surface area (Å²) in [4.78, 5) is 11.5. The van der Waals surface area contributed by atoms with Gasteiger partial charge in [0, 0.05) is 24.6 Å². The number of hydrogen-bond acceptors (Lipinski definition) is 2. The van der Waals surface area contributed by atoms with Crippen LogP contribution in [-0.4, -0.2) is 18.1 Å². The first-order valence-electron chi connectivity index (χ1n) is 5.97. The maximum Gasteiger partial charge on any atom is 0.389 e. The number of nitrogens with one attached hydrogen (secondary N) is 1. The van der Waals surface area contributed by atoms with Gasteiger partial charge in [0.1, 0.15) is 0 Å². The number of benzene rings is 1. The first kappa shape index (κ1) is 18.7. The van der Waals surface area contributed by atoms with Gasteiger partial charge in [-0.2, -0.15) is 13.2 Å². The molecule has 1 amide bonds. The molecule has 0 radical (unpaired) electrons. The SMILES string of the molecule is CC(N)CC(=O)Nc1cccc(CCC(F)(F)F)c1.Cl. The van der Waals surface area contributed by atoms with Gasteiger partial charge in [-0.3, -0.25) is 4.79 Å². The van der Waals surface area contributed by atoms with E-state index in [1.165, 1.54) is 0 Å². The molecule has 20 heavy (non-hydrogen) atoms. The normalized spacial score (nSPS) is 12.4. The summed E-state index contributed by atoms with van der Waals surface area (Å²) in [6.07, 6.45) is -4.97. The van der Waals surface area contributed by atoms with Crippen LogP contribution in [0.25, 0.3) is 0 Å². The Balaban J connectivity index is 0.00000361. The van der Waals surface area contributed by atoms with E-state index >= 15 is 0 Å². The van der Waals surface area contributed by atoms with Gasteiger partial charge < -0.3 is 11.1 Å². The van der Waals surface area contributed by atoms with Crippen molar-refractivity contribution in [3.63, 3.8) is 0 Å². The molecule has 1 rings (SSSR count). The van der Waals surface area contributed by atoms with Crippen molar-refractivity contribution in [3.8, 4) is 0 Å². The highest BCUT2D eigenvalue weighted by atomic mass is 35.5. The number of nitrogens with two attached hydrogens (primary N) is 1. The van der Waals surface area contributed by atoms with Crippen molar-refractivity contribution < 1.29 is 18.0 Å². The molecule has 3 N–H and O–H groups in total. The molecule has 0 saturated heterocycles. The maximum atomic E-state index is 12.1. The van der Waals surface area contributed by atoms with Crippen LogP contribution in [-0.2, 0) is 11.2 Å². The molecule has 0 aliphatic carbocycles. The molecule has 0 aliphatic rings. The van der Waals surface area contributed by atoms with Crippen molar-refractivity contribution >= 4 is 24.0 Å². The average molecular weight is 311 g/mol. The van der Waals surface area contributed by atoms with Crippen molar-refractivity contribution in [1.82, 2.24) is 0 Å². The molecule has 0 heterocycles. The Labute approximate surface area is 122 Å². The summed E-state index contributed by atoms with van der Waals surface area (Å²) in [5.41, 5.74) is 6.52. The Morgan fingerprint density at radius 1 is 1.40 bits per heavy atom. The zero-order chi connectivity index (χ0) is 14.5. The van der Waals surface area contributed by atoms with Crippen LogP contribution < -0.4 is 11.1 Å². The number of alkyl halides is 3. The third kappa shape index (κ3) is 8.01. The molecule has 1 aromatic carbocycles. The molecule has 0 saturated carbocycles. The van der Waals surface area contributed by atoms with E-state index in [1.54, 1.807) is 31.2 Å². The molecule has 7 heteroatoms. The van der Waals surface area contributed by atoms with Crippen molar-refractivity contribution in [2.24, 2.45) is 5.73 Å². The van der Waals surface area contributed by atoms with E-state index < -0.39 is 12.6 Å². The average Bonchev–Trinajstić information content (AvgIpc) is 2.24. The van der Waals surface area contributed by atoms with Crippen LogP contribution in [0.5, 0.6) is 0 Å².